The third-order valence-corrected chi connectivity index (χ3v) is 6.31. The Hall–Kier alpha value is -1.32. The SMILES string of the molecule is CCCCCCCCOC(=O)/C(CCCCCC)=C(/CC(C)(C)C)C(=O)OCCCCCCCC. The van der Waals surface area contributed by atoms with E-state index in [0.717, 1.165) is 51.4 Å². The highest BCUT2D eigenvalue weighted by atomic mass is 16.5. The summed E-state index contributed by atoms with van der Waals surface area (Å²) in [5.41, 5.74) is 0.964. The third-order valence-electron chi connectivity index (χ3n) is 6.31. The number of esters is 2. The Labute approximate surface area is 218 Å². The molecule has 0 N–H and O–H groups in total. The molecule has 0 aromatic carbocycles. The van der Waals surface area contributed by atoms with Crippen molar-refractivity contribution in [1.82, 2.24) is 0 Å². The second kappa shape index (κ2) is 21.9. The predicted molar refractivity (Wildman–Crippen MR) is 149 cm³/mol. The van der Waals surface area contributed by atoms with Crippen LogP contribution in [0.25, 0.3) is 0 Å². The second-order valence-electron chi connectivity index (χ2n) is 11.3. The number of hydrogen-bond acceptors (Lipinski definition) is 4. The molecule has 4 heteroatoms. The van der Waals surface area contributed by atoms with Gasteiger partial charge in [-0.2, -0.15) is 0 Å². The first kappa shape index (κ1) is 33.7. The van der Waals surface area contributed by atoms with E-state index in [4.69, 9.17) is 9.47 Å². The highest BCUT2D eigenvalue weighted by Gasteiger charge is 2.27. The number of hydrogen-bond donors (Lipinski definition) is 0. The zero-order chi connectivity index (χ0) is 26.4. The highest BCUT2D eigenvalue weighted by molar-refractivity contribution is 6.00. The van der Waals surface area contributed by atoms with Gasteiger partial charge in [0.1, 0.15) is 0 Å². The smallest absolute Gasteiger partial charge is 0.334 e. The molecule has 0 heterocycles. The van der Waals surface area contributed by atoms with E-state index in [9.17, 15) is 9.59 Å². The molecule has 0 unspecified atom stereocenters. The summed E-state index contributed by atoms with van der Waals surface area (Å²) in [7, 11) is 0. The fraction of sp³-hybridized carbons (Fsp3) is 0.871. The third kappa shape index (κ3) is 19.5. The van der Waals surface area contributed by atoms with Crippen molar-refractivity contribution >= 4 is 11.9 Å². The molecule has 0 fully saturated rings. The normalized spacial score (nSPS) is 12.4. The molecule has 0 aliphatic heterocycles. The first-order valence-electron chi connectivity index (χ1n) is 14.8. The van der Waals surface area contributed by atoms with E-state index >= 15 is 0 Å². The first-order valence-corrected chi connectivity index (χ1v) is 14.8. The molecular formula is C31H58O4. The molecule has 0 saturated heterocycles. The van der Waals surface area contributed by atoms with Gasteiger partial charge in [-0.05, 0) is 37.5 Å². The van der Waals surface area contributed by atoms with Crippen LogP contribution in [0.5, 0.6) is 0 Å². The van der Waals surface area contributed by atoms with Crippen LogP contribution in [0.4, 0.5) is 0 Å². The summed E-state index contributed by atoms with van der Waals surface area (Å²) in [6, 6.07) is 0. The van der Waals surface area contributed by atoms with Crippen molar-refractivity contribution < 1.29 is 19.1 Å². The van der Waals surface area contributed by atoms with E-state index in [1.165, 1.54) is 51.4 Å². The van der Waals surface area contributed by atoms with Crippen LogP contribution in [0.15, 0.2) is 11.1 Å². The van der Waals surface area contributed by atoms with Gasteiger partial charge in [-0.25, -0.2) is 9.59 Å². The van der Waals surface area contributed by atoms with Crippen molar-refractivity contribution in [3.8, 4) is 0 Å². The number of rotatable bonds is 22. The van der Waals surface area contributed by atoms with E-state index in [2.05, 4.69) is 41.5 Å². The monoisotopic (exact) mass is 494 g/mol. The first-order chi connectivity index (χ1) is 16.8. The lowest BCUT2D eigenvalue weighted by Gasteiger charge is -2.22. The second-order valence-corrected chi connectivity index (χ2v) is 11.3. The molecule has 0 radical (unpaired) electrons. The summed E-state index contributed by atoms with van der Waals surface area (Å²) < 4.78 is 11.4. The Morgan fingerprint density at radius 1 is 0.514 bits per heavy atom. The van der Waals surface area contributed by atoms with Crippen LogP contribution in [0.1, 0.15) is 157 Å². The Balaban J connectivity index is 5.22. The molecule has 206 valence electrons. The Morgan fingerprint density at radius 3 is 1.31 bits per heavy atom. The van der Waals surface area contributed by atoms with E-state index in [1.807, 2.05) is 0 Å². The predicted octanol–water partition coefficient (Wildman–Crippen LogP) is 9.50. The molecule has 0 amide bonds. The molecule has 0 aliphatic rings. The largest absolute Gasteiger partial charge is 0.462 e. The van der Waals surface area contributed by atoms with E-state index in [1.54, 1.807) is 0 Å². The van der Waals surface area contributed by atoms with Crippen molar-refractivity contribution in [1.29, 1.82) is 0 Å². The fourth-order valence-electron chi connectivity index (χ4n) is 4.21. The number of ether oxygens (including phenoxy) is 2. The van der Waals surface area contributed by atoms with Gasteiger partial charge < -0.3 is 9.47 Å². The molecule has 0 aliphatic carbocycles. The maximum Gasteiger partial charge on any atom is 0.334 e. The maximum absolute atomic E-state index is 13.2. The average Bonchev–Trinajstić information content (AvgIpc) is 2.81. The summed E-state index contributed by atoms with van der Waals surface area (Å²) in [6.45, 7) is 13.8. The van der Waals surface area contributed by atoms with Crippen molar-refractivity contribution in [2.75, 3.05) is 13.2 Å². The number of carbonyl (C=O) groups excluding carboxylic acids is 2. The molecule has 0 atom stereocenters. The van der Waals surface area contributed by atoms with Crippen LogP contribution in [0.3, 0.4) is 0 Å². The van der Waals surface area contributed by atoms with Gasteiger partial charge >= 0.3 is 11.9 Å². The van der Waals surface area contributed by atoms with Crippen molar-refractivity contribution in [3.05, 3.63) is 11.1 Å². The van der Waals surface area contributed by atoms with E-state index in [-0.39, 0.29) is 17.4 Å². The zero-order valence-corrected chi connectivity index (χ0v) is 24.3. The van der Waals surface area contributed by atoms with E-state index in [0.29, 0.717) is 37.2 Å². The molecule has 0 rings (SSSR count). The molecule has 0 spiro atoms. The quantitative estimate of drug-likeness (QED) is 0.0854. The molecule has 35 heavy (non-hydrogen) atoms. The van der Waals surface area contributed by atoms with Gasteiger partial charge in [-0.3, -0.25) is 0 Å². The van der Waals surface area contributed by atoms with Gasteiger partial charge in [0, 0.05) is 11.1 Å². The summed E-state index contributed by atoms with van der Waals surface area (Å²) in [5, 5.41) is 0. The van der Waals surface area contributed by atoms with Crippen molar-refractivity contribution in [3.63, 3.8) is 0 Å². The molecule has 0 bridgehead atoms. The van der Waals surface area contributed by atoms with Crippen LogP contribution >= 0.6 is 0 Å². The molecular weight excluding hydrogens is 436 g/mol. The van der Waals surface area contributed by atoms with Gasteiger partial charge in [0.05, 0.1) is 13.2 Å². The van der Waals surface area contributed by atoms with Gasteiger partial charge in [0.15, 0.2) is 0 Å². The van der Waals surface area contributed by atoms with Crippen LogP contribution < -0.4 is 0 Å². The van der Waals surface area contributed by atoms with Crippen LogP contribution in [0, 0.1) is 5.41 Å². The maximum atomic E-state index is 13.2. The number of unbranched alkanes of at least 4 members (excludes halogenated alkanes) is 13. The van der Waals surface area contributed by atoms with Crippen LogP contribution in [0.2, 0.25) is 0 Å². The topological polar surface area (TPSA) is 52.6 Å². The molecule has 0 aromatic heterocycles. The summed E-state index contributed by atoms with van der Waals surface area (Å²) in [5.74, 6) is -0.638. The van der Waals surface area contributed by atoms with Gasteiger partial charge in [-0.15, -0.1) is 0 Å². The minimum absolute atomic E-state index is 0.122. The van der Waals surface area contributed by atoms with Gasteiger partial charge in [0.25, 0.3) is 0 Å². The summed E-state index contributed by atoms with van der Waals surface area (Å²) >= 11 is 0. The minimum Gasteiger partial charge on any atom is -0.462 e. The van der Waals surface area contributed by atoms with Crippen LogP contribution in [-0.4, -0.2) is 25.2 Å². The Bertz CT molecular complexity index is 571. The lowest BCUT2D eigenvalue weighted by atomic mass is 9.85. The van der Waals surface area contributed by atoms with Crippen molar-refractivity contribution in [2.24, 2.45) is 5.41 Å². The molecule has 0 aromatic rings. The molecule has 4 nitrogen and oxygen atoms in total. The standard InChI is InChI=1S/C31H58O4/c1-7-10-13-16-18-21-24-34-29(32)27(23-20-15-12-9-3)28(26-31(4,5)6)30(33)35-25-22-19-17-14-11-8-2/h7-26H2,1-6H3/b28-27-. The zero-order valence-electron chi connectivity index (χ0n) is 24.3. The average molecular weight is 495 g/mol. The fourth-order valence-corrected chi connectivity index (χ4v) is 4.21. The lowest BCUT2D eigenvalue weighted by Crippen LogP contribution is -2.21. The molecule has 0 saturated carbocycles. The number of carbonyl (C=O) groups is 2. The summed E-state index contributed by atoms with van der Waals surface area (Å²) in [6.07, 6.45) is 19.1. The van der Waals surface area contributed by atoms with E-state index < -0.39 is 0 Å². The highest BCUT2D eigenvalue weighted by Crippen LogP contribution is 2.29. The Kier molecular flexibility index (Phi) is 21.1. The van der Waals surface area contributed by atoms with Crippen LogP contribution in [-0.2, 0) is 19.1 Å². The van der Waals surface area contributed by atoms with Crippen molar-refractivity contribution in [2.45, 2.75) is 157 Å². The van der Waals surface area contributed by atoms with Gasteiger partial charge in [-0.1, -0.05) is 125 Å². The lowest BCUT2D eigenvalue weighted by molar-refractivity contribution is -0.143. The summed E-state index contributed by atoms with van der Waals surface area (Å²) in [4.78, 5) is 26.3. The van der Waals surface area contributed by atoms with Gasteiger partial charge in [0.2, 0.25) is 0 Å². The Morgan fingerprint density at radius 2 is 0.886 bits per heavy atom. The minimum atomic E-state index is -0.324.